The molecule has 1 aliphatic rings. The van der Waals surface area contributed by atoms with Crippen LogP contribution in [0.3, 0.4) is 0 Å². The van der Waals surface area contributed by atoms with Crippen LogP contribution in [0.15, 0.2) is 0 Å². The molecule has 1 unspecified atom stereocenters. The van der Waals surface area contributed by atoms with E-state index in [-0.39, 0.29) is 6.61 Å². The van der Waals surface area contributed by atoms with E-state index in [1.54, 1.807) is 6.92 Å². The summed E-state index contributed by atoms with van der Waals surface area (Å²) in [5.74, 6) is -0.784. The molecule has 1 fully saturated rings. The summed E-state index contributed by atoms with van der Waals surface area (Å²) in [6.45, 7) is 2.99. The fraction of sp³-hybridized carbons (Fsp3) is 0.875. The second-order valence-electron chi connectivity index (χ2n) is 3.39. The molecule has 1 heterocycles. The van der Waals surface area contributed by atoms with Gasteiger partial charge in [0.1, 0.15) is 5.54 Å². The van der Waals surface area contributed by atoms with Crippen molar-refractivity contribution in [1.82, 2.24) is 4.90 Å². The third kappa shape index (κ3) is 1.44. The Balaban J connectivity index is 2.67. The van der Waals surface area contributed by atoms with Crippen LogP contribution < -0.4 is 0 Å². The van der Waals surface area contributed by atoms with Gasteiger partial charge in [0.2, 0.25) is 0 Å². The third-order valence-electron chi connectivity index (χ3n) is 2.62. The number of nitrogens with zero attached hydrogens (tertiary/aromatic N) is 1. The number of aliphatic hydroxyl groups excluding tert-OH is 1. The van der Waals surface area contributed by atoms with Gasteiger partial charge in [-0.3, -0.25) is 9.69 Å². The van der Waals surface area contributed by atoms with Crippen molar-refractivity contribution in [3.8, 4) is 0 Å². The molecule has 0 aromatic carbocycles. The second-order valence-corrected chi connectivity index (χ2v) is 3.39. The van der Waals surface area contributed by atoms with Gasteiger partial charge in [0, 0.05) is 6.54 Å². The highest BCUT2D eigenvalue weighted by molar-refractivity contribution is 5.78. The number of hydrogen-bond donors (Lipinski definition) is 2. The van der Waals surface area contributed by atoms with Crippen LogP contribution in [-0.4, -0.2) is 46.3 Å². The monoisotopic (exact) mass is 173 g/mol. The topological polar surface area (TPSA) is 60.8 Å². The summed E-state index contributed by atoms with van der Waals surface area (Å²) < 4.78 is 0. The highest BCUT2D eigenvalue weighted by atomic mass is 16.4. The molecule has 0 bridgehead atoms. The van der Waals surface area contributed by atoms with Gasteiger partial charge < -0.3 is 10.2 Å². The largest absolute Gasteiger partial charge is 0.480 e. The maximum atomic E-state index is 10.9. The molecule has 4 heteroatoms. The fourth-order valence-electron chi connectivity index (χ4n) is 1.74. The Morgan fingerprint density at radius 1 is 1.67 bits per heavy atom. The minimum atomic E-state index is -0.784. The van der Waals surface area contributed by atoms with Crippen LogP contribution in [0, 0.1) is 0 Å². The Morgan fingerprint density at radius 2 is 2.33 bits per heavy atom. The zero-order valence-electron chi connectivity index (χ0n) is 7.29. The molecule has 1 aliphatic heterocycles. The van der Waals surface area contributed by atoms with Crippen LogP contribution in [0.4, 0.5) is 0 Å². The van der Waals surface area contributed by atoms with E-state index >= 15 is 0 Å². The molecule has 0 aromatic heterocycles. The molecule has 0 amide bonds. The molecular formula is C8H15NO3. The van der Waals surface area contributed by atoms with Crippen LogP contribution in [0.5, 0.6) is 0 Å². The number of carboxylic acid groups (broad SMARTS) is 1. The molecular weight excluding hydrogens is 158 g/mol. The van der Waals surface area contributed by atoms with Gasteiger partial charge >= 0.3 is 5.97 Å². The van der Waals surface area contributed by atoms with Crippen molar-refractivity contribution in [2.45, 2.75) is 25.3 Å². The fourth-order valence-corrected chi connectivity index (χ4v) is 1.74. The Kier molecular flexibility index (Phi) is 2.69. The summed E-state index contributed by atoms with van der Waals surface area (Å²) in [6.07, 6.45) is 1.59. The lowest BCUT2D eigenvalue weighted by molar-refractivity contribution is -0.148. The zero-order valence-corrected chi connectivity index (χ0v) is 7.29. The minimum Gasteiger partial charge on any atom is -0.480 e. The molecule has 4 nitrogen and oxygen atoms in total. The van der Waals surface area contributed by atoms with E-state index < -0.39 is 11.5 Å². The van der Waals surface area contributed by atoms with Crippen molar-refractivity contribution < 1.29 is 15.0 Å². The number of aliphatic hydroxyl groups is 1. The molecule has 0 radical (unpaired) electrons. The molecule has 0 saturated carbocycles. The van der Waals surface area contributed by atoms with Gasteiger partial charge in [-0.2, -0.15) is 0 Å². The molecule has 0 spiro atoms. The van der Waals surface area contributed by atoms with Gasteiger partial charge in [0.05, 0.1) is 6.61 Å². The van der Waals surface area contributed by atoms with E-state index in [1.165, 1.54) is 0 Å². The zero-order chi connectivity index (χ0) is 9.19. The van der Waals surface area contributed by atoms with Gasteiger partial charge in [0.15, 0.2) is 0 Å². The Morgan fingerprint density at radius 3 is 2.83 bits per heavy atom. The number of carboxylic acids is 1. The predicted octanol–water partition coefficient (Wildman–Crippen LogP) is -0.0822. The standard InChI is InChI=1S/C8H15NO3/c1-8(7(11)12)3-2-4-9(8)5-6-10/h10H,2-6H2,1H3,(H,11,12). The third-order valence-corrected chi connectivity index (χ3v) is 2.62. The van der Waals surface area contributed by atoms with Gasteiger partial charge in [-0.25, -0.2) is 0 Å². The van der Waals surface area contributed by atoms with Crippen molar-refractivity contribution in [2.24, 2.45) is 0 Å². The Bertz CT molecular complexity index is 183. The first-order valence-electron chi connectivity index (χ1n) is 4.20. The molecule has 1 saturated heterocycles. The van der Waals surface area contributed by atoms with Gasteiger partial charge in [-0.1, -0.05) is 0 Å². The highest BCUT2D eigenvalue weighted by Gasteiger charge is 2.42. The normalized spacial score (nSPS) is 30.8. The molecule has 70 valence electrons. The quantitative estimate of drug-likeness (QED) is 0.626. The number of aliphatic carboxylic acids is 1. The van der Waals surface area contributed by atoms with Crippen LogP contribution in [0.2, 0.25) is 0 Å². The summed E-state index contributed by atoms with van der Waals surface area (Å²) in [5.41, 5.74) is -0.747. The Hall–Kier alpha value is -0.610. The van der Waals surface area contributed by atoms with Crippen molar-refractivity contribution in [2.75, 3.05) is 19.7 Å². The Labute approximate surface area is 71.8 Å². The smallest absolute Gasteiger partial charge is 0.323 e. The van der Waals surface area contributed by atoms with E-state index in [9.17, 15) is 4.79 Å². The lowest BCUT2D eigenvalue weighted by atomic mass is 9.99. The number of β-amino-alcohol motifs (C(OH)–C–C–N with tert-alkyl or cyclic N) is 1. The summed E-state index contributed by atoms with van der Waals surface area (Å²) >= 11 is 0. The summed E-state index contributed by atoms with van der Waals surface area (Å²) in [4.78, 5) is 12.7. The lowest BCUT2D eigenvalue weighted by Crippen LogP contribution is -2.48. The van der Waals surface area contributed by atoms with E-state index in [1.807, 2.05) is 4.90 Å². The number of hydrogen-bond acceptors (Lipinski definition) is 3. The molecule has 2 N–H and O–H groups in total. The van der Waals surface area contributed by atoms with Crippen molar-refractivity contribution in [1.29, 1.82) is 0 Å². The maximum Gasteiger partial charge on any atom is 0.323 e. The average molecular weight is 173 g/mol. The highest BCUT2D eigenvalue weighted by Crippen LogP contribution is 2.28. The van der Waals surface area contributed by atoms with Crippen LogP contribution in [-0.2, 0) is 4.79 Å². The van der Waals surface area contributed by atoms with Gasteiger partial charge in [-0.05, 0) is 26.3 Å². The summed E-state index contributed by atoms with van der Waals surface area (Å²) in [7, 11) is 0. The number of rotatable bonds is 3. The predicted molar refractivity (Wildman–Crippen MR) is 43.9 cm³/mol. The van der Waals surface area contributed by atoms with Crippen LogP contribution >= 0.6 is 0 Å². The maximum absolute atomic E-state index is 10.9. The van der Waals surface area contributed by atoms with Crippen molar-refractivity contribution >= 4 is 5.97 Å². The first kappa shape index (κ1) is 9.48. The minimum absolute atomic E-state index is 0.0306. The molecule has 12 heavy (non-hydrogen) atoms. The van der Waals surface area contributed by atoms with E-state index in [4.69, 9.17) is 10.2 Å². The molecule has 1 rings (SSSR count). The number of carbonyl (C=O) groups is 1. The van der Waals surface area contributed by atoms with Gasteiger partial charge in [0.25, 0.3) is 0 Å². The molecule has 1 atom stereocenters. The van der Waals surface area contributed by atoms with E-state index in [0.717, 1.165) is 13.0 Å². The van der Waals surface area contributed by atoms with Gasteiger partial charge in [-0.15, -0.1) is 0 Å². The summed E-state index contributed by atoms with van der Waals surface area (Å²) in [5, 5.41) is 17.7. The average Bonchev–Trinajstić information content (AvgIpc) is 2.35. The molecule has 0 aliphatic carbocycles. The first-order chi connectivity index (χ1) is 5.61. The van der Waals surface area contributed by atoms with E-state index in [0.29, 0.717) is 13.0 Å². The molecule has 0 aromatic rings. The van der Waals surface area contributed by atoms with Crippen LogP contribution in [0.25, 0.3) is 0 Å². The number of likely N-dealkylation sites (tertiary alicyclic amines) is 1. The SMILES string of the molecule is CC1(C(=O)O)CCCN1CCO. The lowest BCUT2D eigenvalue weighted by Gasteiger charge is -2.30. The summed E-state index contributed by atoms with van der Waals surface area (Å²) in [6, 6.07) is 0. The van der Waals surface area contributed by atoms with Crippen molar-refractivity contribution in [3.63, 3.8) is 0 Å². The van der Waals surface area contributed by atoms with Crippen LogP contribution in [0.1, 0.15) is 19.8 Å². The second kappa shape index (κ2) is 3.41. The van der Waals surface area contributed by atoms with E-state index in [2.05, 4.69) is 0 Å². The van der Waals surface area contributed by atoms with Crippen molar-refractivity contribution in [3.05, 3.63) is 0 Å². The first-order valence-corrected chi connectivity index (χ1v) is 4.20.